The number of methoxy groups -OCH3 is 1. The number of anilines is 1. The second-order valence-corrected chi connectivity index (χ2v) is 5.11. The molecule has 0 aromatic heterocycles. The lowest BCUT2D eigenvalue weighted by molar-refractivity contribution is -0.136. The van der Waals surface area contributed by atoms with E-state index < -0.39 is 0 Å². The lowest BCUT2D eigenvalue weighted by Gasteiger charge is -2.19. The highest BCUT2D eigenvalue weighted by Gasteiger charge is 2.12. The van der Waals surface area contributed by atoms with E-state index in [4.69, 9.17) is 4.74 Å². The van der Waals surface area contributed by atoms with Gasteiger partial charge < -0.3 is 10.1 Å². The topological polar surface area (TPSA) is 38.3 Å². The van der Waals surface area contributed by atoms with Gasteiger partial charge in [0, 0.05) is 17.8 Å². The smallest absolute Gasteiger partial charge is 0.333 e. The SMILES string of the molecule is CC/C(=C/CNc1cccc2c1CCCC2)C(=O)OC. The van der Waals surface area contributed by atoms with E-state index in [9.17, 15) is 4.79 Å². The third-order valence-electron chi connectivity index (χ3n) is 3.87. The van der Waals surface area contributed by atoms with Gasteiger partial charge in [-0.1, -0.05) is 25.1 Å². The fraction of sp³-hybridized carbons (Fsp3) is 0.471. The van der Waals surface area contributed by atoms with Crippen LogP contribution in [0.4, 0.5) is 5.69 Å². The number of ether oxygens (including phenoxy) is 1. The maximum absolute atomic E-state index is 11.5. The van der Waals surface area contributed by atoms with Crippen molar-refractivity contribution in [2.75, 3.05) is 19.0 Å². The van der Waals surface area contributed by atoms with Crippen LogP contribution in [0.2, 0.25) is 0 Å². The van der Waals surface area contributed by atoms with Gasteiger partial charge in [-0.2, -0.15) is 0 Å². The van der Waals surface area contributed by atoms with Gasteiger partial charge in [0.05, 0.1) is 7.11 Å². The Bertz CT molecular complexity index is 506. The minimum atomic E-state index is -0.232. The third-order valence-corrected chi connectivity index (χ3v) is 3.87. The van der Waals surface area contributed by atoms with Gasteiger partial charge in [-0.05, 0) is 49.3 Å². The highest BCUT2D eigenvalue weighted by Crippen LogP contribution is 2.27. The molecular formula is C17H23NO2. The Kier molecular flexibility index (Phi) is 5.22. The lowest BCUT2D eigenvalue weighted by Crippen LogP contribution is -2.10. The molecule has 3 nitrogen and oxygen atoms in total. The zero-order valence-electron chi connectivity index (χ0n) is 12.4. The summed E-state index contributed by atoms with van der Waals surface area (Å²) in [6, 6.07) is 6.46. The van der Waals surface area contributed by atoms with Gasteiger partial charge in [0.25, 0.3) is 0 Å². The van der Waals surface area contributed by atoms with Gasteiger partial charge in [0.15, 0.2) is 0 Å². The van der Waals surface area contributed by atoms with Crippen LogP contribution in [0, 0.1) is 0 Å². The first-order valence-corrected chi connectivity index (χ1v) is 7.38. The number of benzene rings is 1. The summed E-state index contributed by atoms with van der Waals surface area (Å²) >= 11 is 0. The first-order valence-electron chi connectivity index (χ1n) is 7.38. The molecule has 1 aromatic rings. The molecular weight excluding hydrogens is 250 g/mol. The van der Waals surface area contributed by atoms with Crippen LogP contribution in [0.5, 0.6) is 0 Å². The summed E-state index contributed by atoms with van der Waals surface area (Å²) in [5.41, 5.74) is 4.85. The Balaban J connectivity index is 2.04. The van der Waals surface area contributed by atoms with Gasteiger partial charge >= 0.3 is 5.97 Å². The summed E-state index contributed by atoms with van der Waals surface area (Å²) in [6.07, 6.45) is 7.51. The Labute approximate surface area is 121 Å². The second-order valence-electron chi connectivity index (χ2n) is 5.11. The summed E-state index contributed by atoms with van der Waals surface area (Å²) in [4.78, 5) is 11.5. The van der Waals surface area contributed by atoms with Crippen molar-refractivity contribution < 1.29 is 9.53 Å². The molecule has 0 saturated heterocycles. The van der Waals surface area contributed by atoms with Crippen LogP contribution in [0.25, 0.3) is 0 Å². The molecule has 0 atom stereocenters. The molecule has 3 heteroatoms. The van der Waals surface area contributed by atoms with Crippen LogP contribution in [-0.4, -0.2) is 19.6 Å². The van der Waals surface area contributed by atoms with Crippen molar-refractivity contribution in [2.24, 2.45) is 0 Å². The molecule has 1 aliphatic carbocycles. The molecule has 0 aliphatic heterocycles. The van der Waals surface area contributed by atoms with Crippen LogP contribution in [0.15, 0.2) is 29.8 Å². The van der Waals surface area contributed by atoms with Gasteiger partial charge in [0.2, 0.25) is 0 Å². The molecule has 0 bridgehead atoms. The molecule has 0 heterocycles. The summed E-state index contributed by atoms with van der Waals surface area (Å²) in [7, 11) is 1.42. The van der Waals surface area contributed by atoms with E-state index in [1.807, 2.05) is 13.0 Å². The van der Waals surface area contributed by atoms with E-state index in [1.54, 1.807) is 0 Å². The maximum atomic E-state index is 11.5. The number of hydrogen-bond acceptors (Lipinski definition) is 3. The van der Waals surface area contributed by atoms with Crippen molar-refractivity contribution in [1.82, 2.24) is 0 Å². The van der Waals surface area contributed by atoms with Crippen LogP contribution in [0.1, 0.15) is 37.3 Å². The quantitative estimate of drug-likeness (QED) is 0.659. The first kappa shape index (κ1) is 14.6. The number of carbonyl (C=O) groups excluding carboxylic acids is 1. The van der Waals surface area contributed by atoms with Crippen molar-refractivity contribution in [3.63, 3.8) is 0 Å². The predicted octanol–water partition coefficient (Wildman–Crippen LogP) is 3.49. The average molecular weight is 273 g/mol. The van der Waals surface area contributed by atoms with Crippen LogP contribution >= 0.6 is 0 Å². The Morgan fingerprint density at radius 1 is 1.35 bits per heavy atom. The van der Waals surface area contributed by atoms with Gasteiger partial charge in [-0.25, -0.2) is 4.79 Å². The van der Waals surface area contributed by atoms with E-state index in [1.165, 1.54) is 43.2 Å². The van der Waals surface area contributed by atoms with Gasteiger partial charge in [0.1, 0.15) is 0 Å². The molecule has 1 aliphatic rings. The molecule has 0 amide bonds. The fourth-order valence-electron chi connectivity index (χ4n) is 2.73. The number of rotatable bonds is 5. The highest BCUT2D eigenvalue weighted by atomic mass is 16.5. The van der Waals surface area contributed by atoms with Crippen molar-refractivity contribution in [2.45, 2.75) is 39.0 Å². The summed E-state index contributed by atoms with van der Waals surface area (Å²) in [5, 5.41) is 3.43. The molecule has 20 heavy (non-hydrogen) atoms. The predicted molar refractivity (Wildman–Crippen MR) is 82.0 cm³/mol. The number of hydrogen-bond donors (Lipinski definition) is 1. The monoisotopic (exact) mass is 273 g/mol. The van der Waals surface area contributed by atoms with Gasteiger partial charge in [-0.3, -0.25) is 0 Å². The number of fused-ring (bicyclic) bond motifs is 1. The molecule has 0 saturated carbocycles. The minimum absolute atomic E-state index is 0.232. The largest absolute Gasteiger partial charge is 0.466 e. The third kappa shape index (κ3) is 3.41. The zero-order valence-corrected chi connectivity index (χ0v) is 12.4. The fourth-order valence-corrected chi connectivity index (χ4v) is 2.73. The molecule has 1 N–H and O–H groups in total. The van der Waals surface area contributed by atoms with E-state index in [2.05, 4.69) is 23.5 Å². The van der Waals surface area contributed by atoms with Crippen molar-refractivity contribution in [3.05, 3.63) is 41.0 Å². The van der Waals surface area contributed by atoms with Crippen molar-refractivity contribution in [3.8, 4) is 0 Å². The minimum Gasteiger partial charge on any atom is -0.466 e. The summed E-state index contributed by atoms with van der Waals surface area (Å²) < 4.78 is 4.76. The van der Waals surface area contributed by atoms with Crippen molar-refractivity contribution in [1.29, 1.82) is 0 Å². The van der Waals surface area contributed by atoms with Crippen LogP contribution in [-0.2, 0) is 22.4 Å². The normalized spacial score (nSPS) is 14.6. The molecule has 108 valence electrons. The highest BCUT2D eigenvalue weighted by molar-refractivity contribution is 5.88. The maximum Gasteiger partial charge on any atom is 0.333 e. The molecule has 0 spiro atoms. The molecule has 0 unspecified atom stereocenters. The molecule has 2 rings (SSSR count). The van der Waals surface area contributed by atoms with Crippen molar-refractivity contribution >= 4 is 11.7 Å². The van der Waals surface area contributed by atoms with E-state index in [0.717, 1.165) is 12.0 Å². The molecule has 1 aromatic carbocycles. The van der Waals surface area contributed by atoms with Crippen LogP contribution < -0.4 is 5.32 Å². The number of carbonyl (C=O) groups is 1. The zero-order chi connectivity index (χ0) is 14.4. The van der Waals surface area contributed by atoms with Crippen LogP contribution in [0.3, 0.4) is 0 Å². The average Bonchev–Trinajstić information content (AvgIpc) is 2.51. The number of esters is 1. The Morgan fingerprint density at radius 3 is 2.90 bits per heavy atom. The molecule has 0 radical (unpaired) electrons. The molecule has 0 fully saturated rings. The number of nitrogens with one attached hydrogen (secondary N) is 1. The van der Waals surface area contributed by atoms with E-state index in [0.29, 0.717) is 13.0 Å². The second kappa shape index (κ2) is 7.13. The van der Waals surface area contributed by atoms with Gasteiger partial charge in [-0.15, -0.1) is 0 Å². The first-order chi connectivity index (χ1) is 9.76. The van der Waals surface area contributed by atoms with E-state index >= 15 is 0 Å². The summed E-state index contributed by atoms with van der Waals surface area (Å²) in [6.45, 7) is 2.63. The number of aryl methyl sites for hydroxylation is 1. The Hall–Kier alpha value is -1.77. The Morgan fingerprint density at radius 2 is 2.15 bits per heavy atom. The van der Waals surface area contributed by atoms with E-state index in [-0.39, 0.29) is 5.97 Å². The standard InChI is InChI=1S/C17H23NO2/c1-3-13(17(19)20-2)11-12-18-16-10-6-8-14-7-4-5-9-15(14)16/h6,8,10-11,18H,3-5,7,9,12H2,1-2H3/b13-11-. The lowest BCUT2D eigenvalue weighted by atomic mass is 9.90. The summed E-state index contributed by atoms with van der Waals surface area (Å²) in [5.74, 6) is -0.232.